The van der Waals surface area contributed by atoms with Crippen molar-refractivity contribution in [3.63, 3.8) is 0 Å². The predicted octanol–water partition coefficient (Wildman–Crippen LogP) is 1.97. The van der Waals surface area contributed by atoms with Gasteiger partial charge in [0.15, 0.2) is 0 Å². The lowest BCUT2D eigenvalue weighted by atomic mass is 10.2. The zero-order valence-corrected chi connectivity index (χ0v) is 8.33. The lowest BCUT2D eigenvalue weighted by molar-refractivity contribution is 0.901. The Labute approximate surface area is 82.5 Å². The van der Waals surface area contributed by atoms with E-state index in [0.717, 1.165) is 22.3 Å². The first-order chi connectivity index (χ1) is 6.66. The molecule has 0 aliphatic rings. The van der Waals surface area contributed by atoms with Gasteiger partial charge in [0.2, 0.25) is 0 Å². The van der Waals surface area contributed by atoms with Crippen molar-refractivity contribution in [3.8, 4) is 0 Å². The van der Waals surface area contributed by atoms with Crippen LogP contribution in [0.15, 0.2) is 18.3 Å². The molecular weight excluding hydrogens is 176 g/mol. The third kappa shape index (κ3) is 1.51. The molecule has 1 heterocycles. The highest BCUT2D eigenvalue weighted by Gasteiger charge is 2.04. The van der Waals surface area contributed by atoms with Crippen molar-refractivity contribution in [2.24, 2.45) is 0 Å². The van der Waals surface area contributed by atoms with E-state index in [9.17, 15) is 0 Å². The Bertz CT molecular complexity index is 444. The maximum absolute atomic E-state index is 5.89. The summed E-state index contributed by atoms with van der Waals surface area (Å²) in [5, 5.41) is 11.2. The number of nitrogens with one attached hydrogen (secondary N) is 2. The quantitative estimate of drug-likeness (QED) is 0.634. The van der Waals surface area contributed by atoms with Crippen molar-refractivity contribution in [3.05, 3.63) is 18.3 Å². The Morgan fingerprint density at radius 1 is 1.43 bits per heavy atom. The molecule has 0 spiro atoms. The molecule has 1 aromatic carbocycles. The monoisotopic (exact) mass is 190 g/mol. The largest absolute Gasteiger partial charge is 0.397 e. The van der Waals surface area contributed by atoms with Crippen LogP contribution < -0.4 is 11.1 Å². The van der Waals surface area contributed by atoms with E-state index in [-0.39, 0.29) is 0 Å². The third-order valence-corrected chi connectivity index (χ3v) is 2.05. The molecule has 0 aliphatic carbocycles. The Kier molecular flexibility index (Phi) is 2.04. The molecule has 0 amide bonds. The molecule has 0 saturated carbocycles. The number of hydrogen-bond donors (Lipinski definition) is 3. The van der Waals surface area contributed by atoms with Crippen LogP contribution in [0.25, 0.3) is 10.9 Å². The average molecular weight is 190 g/mol. The van der Waals surface area contributed by atoms with Gasteiger partial charge in [-0.25, -0.2) is 0 Å². The fourth-order valence-electron chi connectivity index (χ4n) is 1.45. The first-order valence-corrected chi connectivity index (χ1v) is 4.66. The van der Waals surface area contributed by atoms with Crippen LogP contribution in [-0.2, 0) is 0 Å². The molecule has 0 radical (unpaired) electrons. The summed E-state index contributed by atoms with van der Waals surface area (Å²) in [5.74, 6) is 0. The zero-order valence-electron chi connectivity index (χ0n) is 8.33. The van der Waals surface area contributed by atoms with E-state index in [4.69, 9.17) is 5.73 Å². The SMILES string of the molecule is CC(C)Nc1cc2[nH]ncc2cc1N. The van der Waals surface area contributed by atoms with Gasteiger partial charge in [-0.05, 0) is 26.0 Å². The third-order valence-electron chi connectivity index (χ3n) is 2.05. The lowest BCUT2D eigenvalue weighted by Crippen LogP contribution is -2.11. The van der Waals surface area contributed by atoms with Gasteiger partial charge in [-0.15, -0.1) is 0 Å². The van der Waals surface area contributed by atoms with Gasteiger partial charge in [-0.2, -0.15) is 5.10 Å². The summed E-state index contributed by atoms with van der Waals surface area (Å²) in [5.41, 5.74) is 8.60. The van der Waals surface area contributed by atoms with Crippen molar-refractivity contribution in [2.75, 3.05) is 11.1 Å². The van der Waals surface area contributed by atoms with Gasteiger partial charge in [0, 0.05) is 11.4 Å². The van der Waals surface area contributed by atoms with Gasteiger partial charge in [0.1, 0.15) is 0 Å². The number of anilines is 2. The van der Waals surface area contributed by atoms with Crippen LogP contribution in [0.5, 0.6) is 0 Å². The number of nitrogens with zero attached hydrogens (tertiary/aromatic N) is 1. The molecule has 2 aromatic rings. The number of H-pyrrole nitrogens is 1. The molecule has 2 rings (SSSR count). The molecule has 4 heteroatoms. The normalized spacial score (nSPS) is 11.1. The van der Waals surface area contributed by atoms with Crippen molar-refractivity contribution >= 4 is 22.3 Å². The molecule has 0 unspecified atom stereocenters. The molecule has 4 N–H and O–H groups in total. The molecular formula is C10H14N4. The molecule has 1 aromatic heterocycles. The molecule has 0 bridgehead atoms. The Hall–Kier alpha value is -1.71. The van der Waals surface area contributed by atoms with Crippen molar-refractivity contribution in [1.82, 2.24) is 10.2 Å². The van der Waals surface area contributed by atoms with E-state index in [1.165, 1.54) is 0 Å². The van der Waals surface area contributed by atoms with Gasteiger partial charge in [0.25, 0.3) is 0 Å². The highest BCUT2D eigenvalue weighted by Crippen LogP contribution is 2.24. The average Bonchev–Trinajstić information content (AvgIpc) is 2.51. The van der Waals surface area contributed by atoms with Crippen LogP contribution in [-0.4, -0.2) is 16.2 Å². The second-order valence-corrected chi connectivity index (χ2v) is 3.70. The molecule has 0 fully saturated rings. The van der Waals surface area contributed by atoms with Gasteiger partial charge >= 0.3 is 0 Å². The fourth-order valence-corrected chi connectivity index (χ4v) is 1.45. The van der Waals surface area contributed by atoms with E-state index in [1.807, 2.05) is 12.1 Å². The van der Waals surface area contributed by atoms with E-state index in [2.05, 4.69) is 29.4 Å². The Morgan fingerprint density at radius 3 is 2.93 bits per heavy atom. The minimum absolute atomic E-state index is 0.373. The maximum atomic E-state index is 5.89. The number of benzene rings is 1. The molecule has 0 atom stereocenters. The summed E-state index contributed by atoms with van der Waals surface area (Å²) in [6.45, 7) is 4.16. The Balaban J connectivity index is 2.48. The predicted molar refractivity (Wildman–Crippen MR) is 59.3 cm³/mol. The number of aromatic nitrogens is 2. The minimum atomic E-state index is 0.373. The fraction of sp³-hybridized carbons (Fsp3) is 0.300. The summed E-state index contributed by atoms with van der Waals surface area (Å²) in [7, 11) is 0. The number of rotatable bonds is 2. The molecule has 74 valence electrons. The van der Waals surface area contributed by atoms with Crippen LogP contribution in [0.1, 0.15) is 13.8 Å². The molecule has 4 nitrogen and oxygen atoms in total. The number of hydrogen-bond acceptors (Lipinski definition) is 3. The van der Waals surface area contributed by atoms with E-state index in [0.29, 0.717) is 6.04 Å². The number of nitrogen functional groups attached to an aromatic ring is 1. The van der Waals surface area contributed by atoms with Gasteiger partial charge in [-0.3, -0.25) is 5.10 Å². The summed E-state index contributed by atoms with van der Waals surface area (Å²) in [6, 6.07) is 4.28. The maximum Gasteiger partial charge on any atom is 0.0672 e. The number of nitrogens with two attached hydrogens (primary N) is 1. The molecule has 0 aliphatic heterocycles. The second-order valence-electron chi connectivity index (χ2n) is 3.70. The number of fused-ring (bicyclic) bond motifs is 1. The smallest absolute Gasteiger partial charge is 0.0672 e. The minimum Gasteiger partial charge on any atom is -0.397 e. The lowest BCUT2D eigenvalue weighted by Gasteiger charge is -2.12. The summed E-state index contributed by atoms with van der Waals surface area (Å²) in [4.78, 5) is 0. The van der Waals surface area contributed by atoms with E-state index < -0.39 is 0 Å². The van der Waals surface area contributed by atoms with Crippen LogP contribution in [0.3, 0.4) is 0 Å². The van der Waals surface area contributed by atoms with E-state index in [1.54, 1.807) is 6.20 Å². The first-order valence-electron chi connectivity index (χ1n) is 4.66. The zero-order chi connectivity index (χ0) is 10.1. The van der Waals surface area contributed by atoms with Gasteiger partial charge in [-0.1, -0.05) is 0 Å². The van der Waals surface area contributed by atoms with Crippen LogP contribution >= 0.6 is 0 Å². The van der Waals surface area contributed by atoms with Crippen LogP contribution in [0.4, 0.5) is 11.4 Å². The Morgan fingerprint density at radius 2 is 2.21 bits per heavy atom. The van der Waals surface area contributed by atoms with E-state index >= 15 is 0 Å². The molecule has 14 heavy (non-hydrogen) atoms. The van der Waals surface area contributed by atoms with Crippen molar-refractivity contribution < 1.29 is 0 Å². The highest BCUT2D eigenvalue weighted by atomic mass is 15.1. The number of aromatic amines is 1. The first kappa shape index (κ1) is 8.87. The highest BCUT2D eigenvalue weighted by molar-refractivity contribution is 5.88. The van der Waals surface area contributed by atoms with Crippen LogP contribution in [0.2, 0.25) is 0 Å². The van der Waals surface area contributed by atoms with Crippen molar-refractivity contribution in [1.29, 1.82) is 0 Å². The van der Waals surface area contributed by atoms with Gasteiger partial charge < -0.3 is 11.1 Å². The van der Waals surface area contributed by atoms with Crippen LogP contribution in [0, 0.1) is 0 Å². The summed E-state index contributed by atoms with van der Waals surface area (Å²) >= 11 is 0. The van der Waals surface area contributed by atoms with Gasteiger partial charge in [0.05, 0.1) is 23.1 Å². The molecule has 0 saturated heterocycles. The topological polar surface area (TPSA) is 66.7 Å². The second kappa shape index (κ2) is 3.21. The summed E-state index contributed by atoms with van der Waals surface area (Å²) in [6.07, 6.45) is 1.77. The summed E-state index contributed by atoms with van der Waals surface area (Å²) < 4.78 is 0. The van der Waals surface area contributed by atoms with Crippen molar-refractivity contribution in [2.45, 2.75) is 19.9 Å². The standard InChI is InChI=1S/C10H14N4/c1-6(2)13-10-4-9-7(3-8(10)11)5-12-14-9/h3-6,13H,11H2,1-2H3,(H,12,14).